The normalized spacial score (nSPS) is 10.1. The molecule has 8 nitrogen and oxygen atoms in total. The summed E-state index contributed by atoms with van der Waals surface area (Å²) in [7, 11) is -4.64. The Morgan fingerprint density at radius 1 is 1.29 bits per heavy atom. The van der Waals surface area contributed by atoms with Gasteiger partial charge < -0.3 is 19.4 Å². The molecular formula is C8H12NO7P. The van der Waals surface area contributed by atoms with Gasteiger partial charge in [-0.25, -0.2) is 4.57 Å². The highest BCUT2D eigenvalue weighted by molar-refractivity contribution is 7.45. The first-order valence-electron chi connectivity index (χ1n) is 4.39. The van der Waals surface area contributed by atoms with E-state index in [1.807, 2.05) is 6.92 Å². The molecule has 0 fully saturated rings. The highest BCUT2D eigenvalue weighted by Gasteiger charge is 2.03. The number of nitro groups is 1. The van der Waals surface area contributed by atoms with Gasteiger partial charge >= 0.3 is 7.82 Å². The molecule has 3 N–H and O–H groups in total. The summed E-state index contributed by atoms with van der Waals surface area (Å²) in [6, 6.07) is 6.01. The van der Waals surface area contributed by atoms with Gasteiger partial charge in [0, 0.05) is 12.1 Å². The second-order valence-corrected chi connectivity index (χ2v) is 3.72. The van der Waals surface area contributed by atoms with Crippen molar-refractivity contribution in [2.75, 3.05) is 6.61 Å². The Bertz CT molecular complexity index is 391. The van der Waals surface area contributed by atoms with Crippen LogP contribution in [-0.2, 0) is 4.57 Å². The van der Waals surface area contributed by atoms with Crippen LogP contribution in [0.15, 0.2) is 24.3 Å². The van der Waals surface area contributed by atoms with Crippen LogP contribution in [0.3, 0.4) is 0 Å². The van der Waals surface area contributed by atoms with Gasteiger partial charge in [0.2, 0.25) is 0 Å². The standard InChI is InChI=1S/C8H9NO3.H3O4P/c1-2-12-8-5-3-7(4-6-8)9(10)11;1-5(2,3)4/h3-6H,2H2,1H3;(H3,1,2,3,4). The maximum atomic E-state index is 10.2. The molecule has 96 valence electrons. The molecule has 0 radical (unpaired) electrons. The van der Waals surface area contributed by atoms with Gasteiger partial charge in [0.25, 0.3) is 5.69 Å². The van der Waals surface area contributed by atoms with Gasteiger partial charge in [-0.15, -0.1) is 0 Å². The average Bonchev–Trinajstić information content (AvgIpc) is 2.16. The Hall–Kier alpha value is -1.47. The summed E-state index contributed by atoms with van der Waals surface area (Å²) in [4.78, 5) is 31.4. The quantitative estimate of drug-likeness (QED) is 0.423. The Morgan fingerprint density at radius 2 is 1.71 bits per heavy atom. The first kappa shape index (κ1) is 15.5. The number of hydrogen-bond acceptors (Lipinski definition) is 4. The molecule has 9 heteroatoms. The third-order valence-corrected chi connectivity index (χ3v) is 1.36. The van der Waals surface area contributed by atoms with E-state index < -0.39 is 12.7 Å². The number of rotatable bonds is 3. The molecular weight excluding hydrogens is 253 g/mol. The van der Waals surface area contributed by atoms with Gasteiger partial charge in [-0.2, -0.15) is 0 Å². The third-order valence-electron chi connectivity index (χ3n) is 1.36. The van der Waals surface area contributed by atoms with E-state index in [4.69, 9.17) is 24.0 Å². The van der Waals surface area contributed by atoms with E-state index in [0.29, 0.717) is 12.4 Å². The molecule has 0 saturated carbocycles. The van der Waals surface area contributed by atoms with Crippen LogP contribution in [0.5, 0.6) is 5.75 Å². The fourth-order valence-corrected chi connectivity index (χ4v) is 0.831. The Labute approximate surface area is 96.9 Å². The zero-order valence-corrected chi connectivity index (χ0v) is 9.78. The van der Waals surface area contributed by atoms with Crippen molar-refractivity contribution in [2.45, 2.75) is 6.92 Å². The van der Waals surface area contributed by atoms with Crippen LogP contribution in [0.25, 0.3) is 0 Å². The summed E-state index contributed by atoms with van der Waals surface area (Å²) in [5, 5.41) is 10.2. The smallest absolute Gasteiger partial charge is 0.466 e. The number of ether oxygens (including phenoxy) is 1. The zero-order chi connectivity index (χ0) is 13.5. The van der Waals surface area contributed by atoms with E-state index in [2.05, 4.69) is 0 Å². The van der Waals surface area contributed by atoms with E-state index >= 15 is 0 Å². The highest BCUT2D eigenvalue weighted by Crippen LogP contribution is 2.25. The molecule has 0 aliphatic heterocycles. The predicted molar refractivity (Wildman–Crippen MR) is 58.5 cm³/mol. The summed E-state index contributed by atoms with van der Waals surface area (Å²) in [5.41, 5.74) is 0.0819. The first-order chi connectivity index (χ1) is 7.74. The molecule has 0 heterocycles. The van der Waals surface area contributed by atoms with E-state index in [-0.39, 0.29) is 5.69 Å². The molecule has 0 amide bonds. The van der Waals surface area contributed by atoms with Gasteiger partial charge in [0.15, 0.2) is 0 Å². The fraction of sp³-hybridized carbons (Fsp3) is 0.250. The molecule has 0 spiro atoms. The Morgan fingerprint density at radius 3 is 2.00 bits per heavy atom. The molecule has 0 atom stereocenters. The van der Waals surface area contributed by atoms with Crippen molar-refractivity contribution in [1.82, 2.24) is 0 Å². The molecule has 0 bridgehead atoms. The van der Waals surface area contributed by atoms with Crippen molar-refractivity contribution >= 4 is 13.5 Å². The van der Waals surface area contributed by atoms with Crippen LogP contribution in [0, 0.1) is 10.1 Å². The molecule has 1 rings (SSSR count). The summed E-state index contributed by atoms with van der Waals surface area (Å²) < 4.78 is 14.0. The Kier molecular flexibility index (Phi) is 6.37. The van der Waals surface area contributed by atoms with Crippen molar-refractivity contribution in [3.63, 3.8) is 0 Å². The summed E-state index contributed by atoms with van der Waals surface area (Å²) >= 11 is 0. The molecule has 1 aromatic rings. The van der Waals surface area contributed by atoms with Gasteiger partial charge in [-0.05, 0) is 19.1 Å². The number of benzene rings is 1. The molecule has 0 aromatic heterocycles. The van der Waals surface area contributed by atoms with E-state index in [0.717, 1.165) is 0 Å². The van der Waals surface area contributed by atoms with E-state index in [1.165, 1.54) is 12.1 Å². The lowest BCUT2D eigenvalue weighted by molar-refractivity contribution is -0.384. The lowest BCUT2D eigenvalue weighted by atomic mass is 10.3. The van der Waals surface area contributed by atoms with Crippen LogP contribution in [0.1, 0.15) is 6.92 Å². The van der Waals surface area contributed by atoms with Crippen LogP contribution >= 0.6 is 7.82 Å². The Balaban J connectivity index is 0.000000437. The van der Waals surface area contributed by atoms with Crippen molar-refractivity contribution in [3.8, 4) is 5.75 Å². The molecule has 1 aromatic carbocycles. The van der Waals surface area contributed by atoms with Crippen molar-refractivity contribution in [1.29, 1.82) is 0 Å². The number of non-ortho nitro benzene ring substituents is 1. The van der Waals surface area contributed by atoms with Crippen molar-refractivity contribution < 1.29 is 28.9 Å². The topological polar surface area (TPSA) is 130 Å². The second-order valence-electron chi connectivity index (χ2n) is 2.70. The third kappa shape index (κ3) is 9.46. The van der Waals surface area contributed by atoms with Crippen molar-refractivity contribution in [3.05, 3.63) is 34.4 Å². The number of nitrogens with zero attached hydrogens (tertiary/aromatic N) is 1. The average molecular weight is 265 g/mol. The zero-order valence-electron chi connectivity index (χ0n) is 8.89. The predicted octanol–water partition coefficient (Wildman–Crippen LogP) is 1.06. The summed E-state index contributed by atoms with van der Waals surface area (Å²) in [6.45, 7) is 2.43. The molecule has 0 aliphatic carbocycles. The van der Waals surface area contributed by atoms with Crippen LogP contribution < -0.4 is 4.74 Å². The minimum atomic E-state index is -4.64. The maximum Gasteiger partial charge on any atom is 0.466 e. The van der Waals surface area contributed by atoms with Crippen LogP contribution in [-0.4, -0.2) is 26.2 Å². The van der Waals surface area contributed by atoms with E-state index in [1.54, 1.807) is 12.1 Å². The lowest BCUT2D eigenvalue weighted by Crippen LogP contribution is -1.92. The molecule has 0 unspecified atom stereocenters. The number of hydrogen-bond donors (Lipinski definition) is 3. The van der Waals surface area contributed by atoms with Gasteiger partial charge in [-0.1, -0.05) is 0 Å². The van der Waals surface area contributed by atoms with Gasteiger partial charge in [0.1, 0.15) is 5.75 Å². The number of nitro benzene ring substituents is 1. The van der Waals surface area contributed by atoms with E-state index in [9.17, 15) is 10.1 Å². The molecule has 17 heavy (non-hydrogen) atoms. The first-order valence-corrected chi connectivity index (χ1v) is 5.96. The second kappa shape index (κ2) is 6.97. The minimum Gasteiger partial charge on any atom is -0.494 e. The SMILES string of the molecule is CCOc1ccc([N+](=O)[O-])cc1.O=P(O)(O)O. The fourth-order valence-electron chi connectivity index (χ4n) is 0.831. The minimum absolute atomic E-state index is 0.0819. The van der Waals surface area contributed by atoms with Gasteiger partial charge in [-0.3, -0.25) is 10.1 Å². The molecule has 0 aliphatic rings. The van der Waals surface area contributed by atoms with Crippen molar-refractivity contribution in [2.24, 2.45) is 0 Å². The van der Waals surface area contributed by atoms with Crippen LogP contribution in [0.2, 0.25) is 0 Å². The highest BCUT2D eigenvalue weighted by atomic mass is 31.2. The lowest BCUT2D eigenvalue weighted by Gasteiger charge is -2.00. The molecule has 0 saturated heterocycles. The van der Waals surface area contributed by atoms with Crippen LogP contribution in [0.4, 0.5) is 5.69 Å². The summed E-state index contributed by atoms with van der Waals surface area (Å²) in [5.74, 6) is 0.656. The van der Waals surface area contributed by atoms with Gasteiger partial charge in [0.05, 0.1) is 11.5 Å². The number of phosphoric acid groups is 1. The largest absolute Gasteiger partial charge is 0.494 e. The summed E-state index contributed by atoms with van der Waals surface area (Å²) in [6.07, 6.45) is 0. The monoisotopic (exact) mass is 265 g/mol. The maximum absolute atomic E-state index is 10.2.